The van der Waals surface area contributed by atoms with E-state index in [0.29, 0.717) is 12.2 Å². The van der Waals surface area contributed by atoms with Crippen molar-refractivity contribution in [1.29, 1.82) is 0 Å². The molecule has 88 valence electrons. The summed E-state index contributed by atoms with van der Waals surface area (Å²) in [6.07, 6.45) is 3.21. The SMILES string of the molecule is CCC(C)(O)COc1cncc(C(=O)O)c1. The monoisotopic (exact) mass is 225 g/mol. The fourth-order valence-corrected chi connectivity index (χ4v) is 0.956. The van der Waals surface area contributed by atoms with E-state index in [9.17, 15) is 9.90 Å². The molecule has 0 saturated carbocycles. The third-order valence-corrected chi connectivity index (χ3v) is 2.27. The molecule has 0 aliphatic heterocycles. The van der Waals surface area contributed by atoms with E-state index in [2.05, 4.69) is 4.98 Å². The molecule has 0 saturated heterocycles. The van der Waals surface area contributed by atoms with Gasteiger partial charge in [0.25, 0.3) is 0 Å². The first-order valence-corrected chi connectivity index (χ1v) is 4.98. The minimum atomic E-state index is -1.06. The fraction of sp³-hybridized carbons (Fsp3) is 0.455. The van der Waals surface area contributed by atoms with Gasteiger partial charge in [-0.25, -0.2) is 4.79 Å². The second-order valence-electron chi connectivity index (χ2n) is 3.85. The van der Waals surface area contributed by atoms with Crippen LogP contribution in [0.15, 0.2) is 18.5 Å². The predicted octanol–water partition coefficient (Wildman–Crippen LogP) is 1.32. The number of hydrogen-bond acceptors (Lipinski definition) is 4. The van der Waals surface area contributed by atoms with Crippen LogP contribution in [0.3, 0.4) is 0 Å². The van der Waals surface area contributed by atoms with Gasteiger partial charge < -0.3 is 14.9 Å². The van der Waals surface area contributed by atoms with Crippen LogP contribution < -0.4 is 4.74 Å². The number of rotatable bonds is 5. The number of aliphatic hydroxyl groups is 1. The van der Waals surface area contributed by atoms with Crippen LogP contribution in [0.2, 0.25) is 0 Å². The van der Waals surface area contributed by atoms with Gasteiger partial charge >= 0.3 is 5.97 Å². The first-order valence-electron chi connectivity index (χ1n) is 4.98. The second-order valence-corrected chi connectivity index (χ2v) is 3.85. The van der Waals surface area contributed by atoms with Crippen molar-refractivity contribution in [1.82, 2.24) is 4.98 Å². The van der Waals surface area contributed by atoms with Crippen LogP contribution in [0.4, 0.5) is 0 Å². The zero-order valence-corrected chi connectivity index (χ0v) is 9.30. The van der Waals surface area contributed by atoms with Crippen molar-refractivity contribution in [2.45, 2.75) is 25.9 Å². The van der Waals surface area contributed by atoms with Gasteiger partial charge in [0.15, 0.2) is 0 Å². The lowest BCUT2D eigenvalue weighted by Crippen LogP contribution is -2.31. The van der Waals surface area contributed by atoms with Crippen molar-refractivity contribution in [3.8, 4) is 5.75 Å². The number of hydrogen-bond donors (Lipinski definition) is 2. The van der Waals surface area contributed by atoms with Crippen molar-refractivity contribution in [3.05, 3.63) is 24.0 Å². The van der Waals surface area contributed by atoms with Gasteiger partial charge in [0, 0.05) is 6.20 Å². The van der Waals surface area contributed by atoms with Crippen molar-refractivity contribution in [2.75, 3.05) is 6.61 Å². The Balaban J connectivity index is 2.68. The molecule has 1 rings (SSSR count). The van der Waals surface area contributed by atoms with E-state index in [1.165, 1.54) is 18.5 Å². The zero-order chi connectivity index (χ0) is 12.2. The highest BCUT2D eigenvalue weighted by atomic mass is 16.5. The highest BCUT2D eigenvalue weighted by Crippen LogP contribution is 2.15. The Kier molecular flexibility index (Phi) is 3.84. The number of ether oxygens (including phenoxy) is 1. The van der Waals surface area contributed by atoms with Crippen LogP contribution in [0.1, 0.15) is 30.6 Å². The number of aromatic nitrogens is 1. The largest absolute Gasteiger partial charge is 0.489 e. The molecule has 1 unspecified atom stereocenters. The summed E-state index contributed by atoms with van der Waals surface area (Å²) in [6, 6.07) is 1.38. The molecule has 5 heteroatoms. The van der Waals surface area contributed by atoms with Gasteiger partial charge in [-0.05, 0) is 19.4 Å². The van der Waals surface area contributed by atoms with E-state index in [1.807, 2.05) is 6.92 Å². The number of nitrogens with zero attached hydrogens (tertiary/aromatic N) is 1. The summed E-state index contributed by atoms with van der Waals surface area (Å²) in [7, 11) is 0. The van der Waals surface area contributed by atoms with E-state index in [4.69, 9.17) is 9.84 Å². The maximum Gasteiger partial charge on any atom is 0.337 e. The van der Waals surface area contributed by atoms with Crippen molar-refractivity contribution in [3.63, 3.8) is 0 Å². The number of carboxylic acids is 1. The van der Waals surface area contributed by atoms with Gasteiger partial charge in [-0.1, -0.05) is 6.92 Å². The summed E-state index contributed by atoms with van der Waals surface area (Å²) in [5.74, 6) is -0.714. The molecule has 0 amide bonds. The van der Waals surface area contributed by atoms with Crippen LogP contribution in [0, 0.1) is 0 Å². The molecule has 0 aliphatic carbocycles. The molecule has 2 N–H and O–H groups in total. The molecule has 5 nitrogen and oxygen atoms in total. The summed E-state index contributed by atoms with van der Waals surface area (Å²) >= 11 is 0. The van der Waals surface area contributed by atoms with Crippen LogP contribution in [-0.4, -0.2) is 33.4 Å². The fourth-order valence-electron chi connectivity index (χ4n) is 0.956. The van der Waals surface area contributed by atoms with E-state index < -0.39 is 11.6 Å². The molecule has 0 aromatic carbocycles. The van der Waals surface area contributed by atoms with Gasteiger partial charge in [-0.2, -0.15) is 0 Å². The third kappa shape index (κ3) is 3.51. The van der Waals surface area contributed by atoms with E-state index in [-0.39, 0.29) is 12.2 Å². The standard InChI is InChI=1S/C11H15NO4/c1-3-11(2,15)7-16-9-4-8(10(13)14)5-12-6-9/h4-6,15H,3,7H2,1-2H3,(H,13,14). The molecular formula is C11H15NO4. The normalized spacial score (nSPS) is 14.2. The number of pyridine rings is 1. The van der Waals surface area contributed by atoms with Crippen LogP contribution in [0.5, 0.6) is 5.75 Å². The first kappa shape index (κ1) is 12.4. The summed E-state index contributed by atoms with van der Waals surface area (Å²) in [5, 5.41) is 18.4. The summed E-state index contributed by atoms with van der Waals surface area (Å²) in [6.45, 7) is 3.60. The first-order chi connectivity index (χ1) is 7.44. The molecule has 1 atom stereocenters. The lowest BCUT2D eigenvalue weighted by Gasteiger charge is -2.21. The average Bonchev–Trinajstić information content (AvgIpc) is 2.27. The predicted molar refractivity (Wildman–Crippen MR) is 57.6 cm³/mol. The minimum Gasteiger partial charge on any atom is -0.489 e. The molecule has 1 heterocycles. The van der Waals surface area contributed by atoms with Gasteiger partial charge in [0.1, 0.15) is 12.4 Å². The molecule has 0 aliphatic rings. The van der Waals surface area contributed by atoms with E-state index in [1.54, 1.807) is 6.92 Å². The molecule has 0 spiro atoms. The lowest BCUT2D eigenvalue weighted by atomic mass is 10.1. The van der Waals surface area contributed by atoms with E-state index >= 15 is 0 Å². The number of carboxylic acid groups (broad SMARTS) is 1. The third-order valence-electron chi connectivity index (χ3n) is 2.27. The second kappa shape index (κ2) is 4.94. The Hall–Kier alpha value is -1.62. The Morgan fingerprint density at radius 2 is 2.25 bits per heavy atom. The zero-order valence-electron chi connectivity index (χ0n) is 9.30. The van der Waals surface area contributed by atoms with Gasteiger partial charge in [-0.3, -0.25) is 4.98 Å². The molecule has 16 heavy (non-hydrogen) atoms. The summed E-state index contributed by atoms with van der Waals surface area (Å²) < 4.78 is 5.28. The molecule has 0 radical (unpaired) electrons. The Morgan fingerprint density at radius 3 is 2.81 bits per heavy atom. The minimum absolute atomic E-state index is 0.0636. The summed E-state index contributed by atoms with van der Waals surface area (Å²) in [5.41, 5.74) is -0.854. The molecular weight excluding hydrogens is 210 g/mol. The van der Waals surface area contributed by atoms with Crippen molar-refractivity contribution >= 4 is 5.97 Å². The maximum atomic E-state index is 10.7. The average molecular weight is 225 g/mol. The van der Waals surface area contributed by atoms with Gasteiger partial charge in [0.2, 0.25) is 0 Å². The van der Waals surface area contributed by atoms with Crippen molar-refractivity contribution < 1.29 is 19.7 Å². The maximum absolute atomic E-state index is 10.7. The number of aromatic carboxylic acids is 1. The molecule has 1 aromatic rings. The highest BCUT2D eigenvalue weighted by molar-refractivity contribution is 5.87. The topological polar surface area (TPSA) is 79.7 Å². The van der Waals surface area contributed by atoms with E-state index in [0.717, 1.165) is 0 Å². The molecule has 0 fully saturated rings. The van der Waals surface area contributed by atoms with Crippen LogP contribution in [-0.2, 0) is 0 Å². The Morgan fingerprint density at radius 1 is 1.56 bits per heavy atom. The summed E-state index contributed by atoms with van der Waals surface area (Å²) in [4.78, 5) is 14.4. The lowest BCUT2D eigenvalue weighted by molar-refractivity contribution is 0.00834. The molecule has 0 bridgehead atoms. The number of carbonyl (C=O) groups is 1. The van der Waals surface area contributed by atoms with Crippen LogP contribution >= 0.6 is 0 Å². The van der Waals surface area contributed by atoms with Crippen LogP contribution in [0.25, 0.3) is 0 Å². The molecule has 1 aromatic heterocycles. The van der Waals surface area contributed by atoms with Gasteiger partial charge in [0.05, 0.1) is 17.4 Å². The Labute approximate surface area is 93.7 Å². The Bertz CT molecular complexity index is 376. The quantitative estimate of drug-likeness (QED) is 0.790. The van der Waals surface area contributed by atoms with Gasteiger partial charge in [-0.15, -0.1) is 0 Å². The van der Waals surface area contributed by atoms with Crippen molar-refractivity contribution in [2.24, 2.45) is 0 Å². The smallest absolute Gasteiger partial charge is 0.337 e. The highest BCUT2D eigenvalue weighted by Gasteiger charge is 2.18.